The molecule has 0 radical (unpaired) electrons. The summed E-state index contributed by atoms with van der Waals surface area (Å²) >= 11 is 0. The van der Waals surface area contributed by atoms with Gasteiger partial charge in [-0.3, -0.25) is 4.79 Å². The molecular weight excluding hydrogens is 404 g/mol. The first kappa shape index (κ1) is 20.0. The maximum Gasteiger partial charge on any atom is 0.286 e. The number of hydrogen-bond donors (Lipinski definition) is 3. The molecule has 2 heterocycles. The number of sulfonamides is 1. The molecule has 0 bridgehead atoms. The van der Waals surface area contributed by atoms with E-state index >= 15 is 0 Å². The Morgan fingerprint density at radius 3 is 2.63 bits per heavy atom. The number of anilines is 2. The van der Waals surface area contributed by atoms with Crippen molar-refractivity contribution in [3.63, 3.8) is 0 Å². The highest BCUT2D eigenvalue weighted by atomic mass is 32.2. The normalized spacial score (nSPS) is 15.0. The van der Waals surface area contributed by atoms with Gasteiger partial charge < -0.3 is 20.7 Å². The first-order valence-electron chi connectivity index (χ1n) is 9.56. The van der Waals surface area contributed by atoms with Gasteiger partial charge in [-0.15, -0.1) is 4.40 Å². The number of aromatic nitrogens is 1. The lowest BCUT2D eigenvalue weighted by molar-refractivity contribution is 0.474. The largest absolute Gasteiger partial charge is 0.506 e. The molecule has 8 nitrogen and oxygen atoms in total. The van der Waals surface area contributed by atoms with Crippen LogP contribution < -0.4 is 16.6 Å². The molecule has 0 aliphatic carbocycles. The third-order valence-corrected chi connectivity index (χ3v) is 6.43. The van der Waals surface area contributed by atoms with Gasteiger partial charge in [-0.2, -0.15) is 8.42 Å². The Kier molecular flexibility index (Phi) is 4.77. The van der Waals surface area contributed by atoms with Gasteiger partial charge in [0.1, 0.15) is 16.2 Å². The lowest BCUT2D eigenvalue weighted by Gasteiger charge is -2.21. The first-order chi connectivity index (χ1) is 14.2. The number of fused-ring (bicyclic) bond motifs is 2. The Hall–Kier alpha value is -3.33. The molecule has 9 heteroatoms. The van der Waals surface area contributed by atoms with E-state index in [-0.39, 0.29) is 33.1 Å². The molecule has 0 unspecified atom stereocenters. The maximum absolute atomic E-state index is 13.4. The van der Waals surface area contributed by atoms with Crippen molar-refractivity contribution in [3.8, 4) is 5.75 Å². The second-order valence-electron chi connectivity index (χ2n) is 7.64. The van der Waals surface area contributed by atoms with Crippen molar-refractivity contribution in [2.24, 2.45) is 10.3 Å². The number of hydrogen-bond acceptors (Lipinski definition) is 6. The molecule has 4 N–H and O–H groups in total. The molecule has 0 saturated heterocycles. The molecule has 0 atom stereocenters. The fraction of sp³-hybridized carbons (Fsp3) is 0.238. The zero-order chi connectivity index (χ0) is 21.6. The minimum Gasteiger partial charge on any atom is -0.506 e. The van der Waals surface area contributed by atoms with Gasteiger partial charge in [0.05, 0.1) is 16.6 Å². The molecule has 0 amide bonds. The first-order valence-corrected chi connectivity index (χ1v) is 11.0. The predicted molar refractivity (Wildman–Crippen MR) is 118 cm³/mol. The van der Waals surface area contributed by atoms with Crippen LogP contribution in [0, 0.1) is 5.92 Å². The number of nitrogens with zero attached hydrogens (tertiary/aromatic N) is 2. The van der Waals surface area contributed by atoms with Gasteiger partial charge in [0.2, 0.25) is 0 Å². The summed E-state index contributed by atoms with van der Waals surface area (Å²) in [4.78, 5) is 13.4. The third kappa shape index (κ3) is 3.21. The lowest BCUT2D eigenvalue weighted by Crippen LogP contribution is -2.33. The van der Waals surface area contributed by atoms with Crippen LogP contribution in [0.15, 0.2) is 56.6 Å². The molecular formula is C21H22N4O4S. The molecule has 1 aliphatic rings. The molecule has 3 aromatic rings. The number of nitrogens with two attached hydrogens (primary N) is 1. The van der Waals surface area contributed by atoms with Crippen LogP contribution in [0.1, 0.15) is 25.8 Å². The number of benzene rings is 2. The standard InChI is InChI=1S/C21H22N4O4S/c1-12(2)10-11-25-15-8-5-6-13(22)17(15)19(26)18(21(25)27)20-23-14-7-3-4-9-16(14)30(28,29)24-20/h3-9,12,26H,10-11,22H2,1-2H3,(H,23,24). The van der Waals surface area contributed by atoms with E-state index < -0.39 is 21.3 Å². The van der Waals surface area contributed by atoms with Gasteiger partial charge in [-0.1, -0.05) is 32.0 Å². The minimum atomic E-state index is -4.04. The Morgan fingerprint density at radius 1 is 1.17 bits per heavy atom. The molecule has 30 heavy (non-hydrogen) atoms. The Bertz CT molecular complexity index is 1360. The number of rotatable bonds is 4. The van der Waals surface area contributed by atoms with E-state index in [9.17, 15) is 18.3 Å². The average molecular weight is 426 g/mol. The molecule has 2 aromatic carbocycles. The van der Waals surface area contributed by atoms with Crippen LogP contribution in [-0.4, -0.2) is 23.9 Å². The van der Waals surface area contributed by atoms with Gasteiger partial charge in [0.15, 0.2) is 5.84 Å². The number of para-hydroxylation sites is 1. The van der Waals surface area contributed by atoms with Gasteiger partial charge in [-0.25, -0.2) is 0 Å². The van der Waals surface area contributed by atoms with E-state index in [1.165, 1.54) is 10.6 Å². The number of aromatic hydroxyl groups is 1. The van der Waals surface area contributed by atoms with Gasteiger partial charge in [0.25, 0.3) is 15.6 Å². The monoisotopic (exact) mass is 426 g/mol. The summed E-state index contributed by atoms with van der Waals surface area (Å²) in [6.07, 6.45) is 0.717. The number of pyridine rings is 1. The molecule has 4 rings (SSSR count). The summed E-state index contributed by atoms with van der Waals surface area (Å²) in [5.41, 5.74) is 6.41. The molecule has 0 spiro atoms. The quantitative estimate of drug-likeness (QED) is 0.551. The maximum atomic E-state index is 13.4. The Labute approximate surface area is 173 Å². The van der Waals surface area contributed by atoms with Crippen molar-refractivity contribution in [1.29, 1.82) is 0 Å². The summed E-state index contributed by atoms with van der Waals surface area (Å²) in [7, 11) is -4.04. The second-order valence-corrected chi connectivity index (χ2v) is 9.21. The van der Waals surface area contributed by atoms with Crippen LogP contribution in [-0.2, 0) is 16.6 Å². The van der Waals surface area contributed by atoms with Gasteiger partial charge in [-0.05, 0) is 36.6 Å². The van der Waals surface area contributed by atoms with Crippen LogP contribution >= 0.6 is 0 Å². The smallest absolute Gasteiger partial charge is 0.286 e. The third-order valence-electron chi connectivity index (χ3n) is 5.09. The second kappa shape index (κ2) is 7.17. The zero-order valence-electron chi connectivity index (χ0n) is 16.6. The minimum absolute atomic E-state index is 0.00803. The lowest BCUT2D eigenvalue weighted by atomic mass is 10.1. The van der Waals surface area contributed by atoms with E-state index in [4.69, 9.17) is 5.73 Å². The predicted octanol–water partition coefficient (Wildman–Crippen LogP) is 2.90. The van der Waals surface area contributed by atoms with Gasteiger partial charge >= 0.3 is 0 Å². The molecule has 1 aromatic heterocycles. The van der Waals surface area contributed by atoms with Gasteiger partial charge in [0, 0.05) is 12.2 Å². The van der Waals surface area contributed by atoms with Crippen molar-refractivity contribution in [2.75, 3.05) is 11.1 Å². The highest BCUT2D eigenvalue weighted by molar-refractivity contribution is 7.90. The summed E-state index contributed by atoms with van der Waals surface area (Å²) in [6, 6.07) is 11.3. The van der Waals surface area contributed by atoms with Crippen LogP contribution in [0.3, 0.4) is 0 Å². The van der Waals surface area contributed by atoms with Crippen molar-refractivity contribution >= 4 is 38.1 Å². The van der Waals surface area contributed by atoms with E-state index in [2.05, 4.69) is 9.71 Å². The highest BCUT2D eigenvalue weighted by Gasteiger charge is 2.30. The van der Waals surface area contributed by atoms with Crippen molar-refractivity contribution in [1.82, 2.24) is 4.57 Å². The van der Waals surface area contributed by atoms with Crippen LogP contribution in [0.2, 0.25) is 0 Å². The van der Waals surface area contributed by atoms with Crippen LogP contribution in [0.5, 0.6) is 5.75 Å². The van der Waals surface area contributed by atoms with E-state index in [0.717, 1.165) is 6.42 Å². The van der Waals surface area contributed by atoms with Crippen molar-refractivity contribution < 1.29 is 13.5 Å². The SMILES string of the molecule is CC(C)CCn1c(=O)c(C2=NS(=O)(=O)c3ccccc3N2)c(O)c2c(N)cccc21. The Balaban J connectivity index is 2.02. The number of nitrogens with one attached hydrogen (secondary N) is 1. The summed E-state index contributed by atoms with van der Waals surface area (Å²) in [5, 5.41) is 14.1. The number of aryl methyl sites for hydroxylation is 1. The van der Waals surface area contributed by atoms with Crippen LogP contribution in [0.4, 0.5) is 11.4 Å². The van der Waals surface area contributed by atoms with Crippen molar-refractivity contribution in [3.05, 3.63) is 58.4 Å². The number of nitrogen functional groups attached to an aromatic ring is 1. The fourth-order valence-corrected chi connectivity index (χ4v) is 4.68. The van der Waals surface area contributed by atoms with Crippen LogP contribution in [0.25, 0.3) is 10.9 Å². The average Bonchev–Trinajstić information content (AvgIpc) is 2.67. The molecule has 0 saturated carbocycles. The number of amidine groups is 1. The highest BCUT2D eigenvalue weighted by Crippen LogP contribution is 2.34. The fourth-order valence-electron chi connectivity index (χ4n) is 3.56. The summed E-state index contributed by atoms with van der Waals surface area (Å²) in [6.45, 7) is 4.47. The molecule has 1 aliphatic heterocycles. The van der Waals surface area contributed by atoms with Crippen molar-refractivity contribution in [2.45, 2.75) is 31.7 Å². The van der Waals surface area contributed by atoms with E-state index in [1.807, 2.05) is 13.8 Å². The van der Waals surface area contributed by atoms with E-state index in [1.54, 1.807) is 36.4 Å². The molecule has 156 valence electrons. The zero-order valence-corrected chi connectivity index (χ0v) is 17.4. The Morgan fingerprint density at radius 2 is 1.90 bits per heavy atom. The topological polar surface area (TPSA) is 127 Å². The summed E-state index contributed by atoms with van der Waals surface area (Å²) in [5.74, 6) is -0.281. The summed E-state index contributed by atoms with van der Waals surface area (Å²) < 4.78 is 30.6. The van der Waals surface area contributed by atoms with E-state index in [0.29, 0.717) is 18.0 Å². The molecule has 0 fully saturated rings.